The van der Waals surface area contributed by atoms with Gasteiger partial charge in [0.25, 0.3) is 5.91 Å². The molecule has 7 heteroatoms. The molecule has 0 bridgehead atoms. The summed E-state index contributed by atoms with van der Waals surface area (Å²) in [4.78, 5) is 12.4. The van der Waals surface area contributed by atoms with Crippen LogP contribution in [-0.2, 0) is 16.6 Å². The monoisotopic (exact) mass is 452 g/mol. The van der Waals surface area contributed by atoms with Gasteiger partial charge in [-0.15, -0.1) is 0 Å². The molecule has 0 spiro atoms. The minimum atomic E-state index is -3.47. The second kappa shape index (κ2) is 10.3. The first-order valence-corrected chi connectivity index (χ1v) is 12.2. The fraction of sp³-hybridized carbons (Fsp3) is 0.240. The van der Waals surface area contributed by atoms with Crippen LogP contribution < -0.4 is 14.4 Å². The first-order valence-electron chi connectivity index (χ1n) is 10.3. The number of hydrogen-bond donors (Lipinski definition) is 1. The molecular weight excluding hydrogens is 424 g/mol. The van der Waals surface area contributed by atoms with Crippen LogP contribution in [0.15, 0.2) is 72.8 Å². The number of sulfonamides is 1. The van der Waals surface area contributed by atoms with Gasteiger partial charge in [0.2, 0.25) is 10.0 Å². The molecule has 0 aliphatic heterocycles. The highest BCUT2D eigenvalue weighted by molar-refractivity contribution is 7.92. The van der Waals surface area contributed by atoms with Crippen LogP contribution in [0.2, 0.25) is 0 Å². The standard InChI is InChI=1S/C25H28N2O4S/c1-19-9-14-23(17-20(19)2)27(32(3,29)30)18-21-10-12-22(13-11-21)25(28)26-15-16-31-24-7-5-4-6-8-24/h4-14,17H,15-16,18H2,1-3H3,(H,26,28). The first kappa shape index (κ1) is 23.3. The largest absolute Gasteiger partial charge is 0.492 e. The van der Waals surface area contributed by atoms with Gasteiger partial charge < -0.3 is 10.1 Å². The molecule has 0 aliphatic carbocycles. The predicted octanol–water partition coefficient (Wildman–Crippen LogP) is 4.08. The lowest BCUT2D eigenvalue weighted by atomic mass is 10.1. The minimum absolute atomic E-state index is 0.189. The van der Waals surface area contributed by atoms with Gasteiger partial charge in [0.05, 0.1) is 25.0 Å². The van der Waals surface area contributed by atoms with Crippen LogP contribution in [-0.4, -0.2) is 33.7 Å². The molecule has 1 amide bonds. The lowest BCUT2D eigenvalue weighted by molar-refractivity contribution is 0.0947. The molecule has 0 saturated carbocycles. The number of aryl methyl sites for hydroxylation is 2. The number of amides is 1. The summed E-state index contributed by atoms with van der Waals surface area (Å²) >= 11 is 0. The van der Waals surface area contributed by atoms with Gasteiger partial charge in [-0.05, 0) is 66.9 Å². The SMILES string of the molecule is Cc1ccc(N(Cc2ccc(C(=O)NCCOc3ccccc3)cc2)S(C)(=O)=O)cc1C. The number of anilines is 1. The van der Waals surface area contributed by atoms with Crippen molar-refractivity contribution in [2.75, 3.05) is 23.7 Å². The highest BCUT2D eigenvalue weighted by Crippen LogP contribution is 2.23. The Morgan fingerprint density at radius 2 is 1.62 bits per heavy atom. The third kappa shape index (κ3) is 6.34. The molecule has 0 saturated heterocycles. The average molecular weight is 453 g/mol. The number of carbonyl (C=O) groups is 1. The maximum Gasteiger partial charge on any atom is 0.251 e. The van der Waals surface area contributed by atoms with E-state index < -0.39 is 10.0 Å². The summed E-state index contributed by atoms with van der Waals surface area (Å²) in [5.41, 5.74) is 4.05. The maximum atomic E-state index is 12.4. The normalized spacial score (nSPS) is 11.1. The summed E-state index contributed by atoms with van der Waals surface area (Å²) in [6.45, 7) is 4.88. The van der Waals surface area contributed by atoms with E-state index in [1.54, 1.807) is 24.3 Å². The molecule has 1 N–H and O–H groups in total. The molecule has 168 valence electrons. The van der Waals surface area contributed by atoms with Crippen molar-refractivity contribution in [1.29, 1.82) is 0 Å². The van der Waals surface area contributed by atoms with Crippen molar-refractivity contribution in [2.24, 2.45) is 0 Å². The fourth-order valence-electron chi connectivity index (χ4n) is 3.16. The van der Waals surface area contributed by atoms with Gasteiger partial charge in [0.1, 0.15) is 12.4 Å². The van der Waals surface area contributed by atoms with Gasteiger partial charge in [-0.3, -0.25) is 9.10 Å². The van der Waals surface area contributed by atoms with E-state index in [0.717, 1.165) is 22.4 Å². The summed E-state index contributed by atoms with van der Waals surface area (Å²) in [5, 5.41) is 2.82. The molecule has 0 aliphatic rings. The van der Waals surface area contributed by atoms with Crippen LogP contribution in [0, 0.1) is 13.8 Å². The highest BCUT2D eigenvalue weighted by Gasteiger charge is 2.18. The predicted molar refractivity (Wildman–Crippen MR) is 128 cm³/mol. The van der Waals surface area contributed by atoms with Crippen LogP contribution in [0.1, 0.15) is 27.0 Å². The Bertz CT molecular complexity index is 1160. The molecular formula is C25H28N2O4S. The number of nitrogens with zero attached hydrogens (tertiary/aromatic N) is 1. The van der Waals surface area contributed by atoms with Crippen molar-refractivity contribution < 1.29 is 17.9 Å². The van der Waals surface area contributed by atoms with Gasteiger partial charge in [-0.1, -0.05) is 36.4 Å². The number of rotatable bonds is 9. The van der Waals surface area contributed by atoms with Crippen LogP contribution in [0.5, 0.6) is 5.75 Å². The Labute approximate surface area is 189 Å². The zero-order valence-electron chi connectivity index (χ0n) is 18.5. The summed E-state index contributed by atoms with van der Waals surface area (Å²) in [7, 11) is -3.47. The molecule has 32 heavy (non-hydrogen) atoms. The third-order valence-electron chi connectivity index (χ3n) is 5.12. The second-order valence-corrected chi connectivity index (χ2v) is 9.56. The molecule has 6 nitrogen and oxygen atoms in total. The number of hydrogen-bond acceptors (Lipinski definition) is 4. The van der Waals surface area contributed by atoms with Crippen molar-refractivity contribution in [3.05, 3.63) is 95.1 Å². The Morgan fingerprint density at radius 1 is 0.938 bits per heavy atom. The summed E-state index contributed by atoms with van der Waals surface area (Å²) in [6, 6.07) is 21.9. The van der Waals surface area contributed by atoms with Gasteiger partial charge >= 0.3 is 0 Å². The molecule has 3 aromatic rings. The number of benzene rings is 3. The molecule has 0 heterocycles. The molecule has 0 radical (unpaired) electrons. The van der Waals surface area contributed by atoms with Gasteiger partial charge in [-0.2, -0.15) is 0 Å². The number of nitrogens with one attached hydrogen (secondary N) is 1. The maximum absolute atomic E-state index is 12.4. The minimum Gasteiger partial charge on any atom is -0.492 e. The Kier molecular flexibility index (Phi) is 7.53. The smallest absolute Gasteiger partial charge is 0.251 e. The van der Waals surface area contributed by atoms with E-state index in [-0.39, 0.29) is 12.5 Å². The van der Waals surface area contributed by atoms with Crippen LogP contribution in [0.3, 0.4) is 0 Å². The summed E-state index contributed by atoms with van der Waals surface area (Å²) < 4.78 is 31.8. The van der Waals surface area contributed by atoms with Crippen molar-refractivity contribution in [3.8, 4) is 5.75 Å². The zero-order valence-corrected chi connectivity index (χ0v) is 19.4. The molecule has 3 aromatic carbocycles. The van der Waals surface area contributed by atoms with E-state index in [2.05, 4.69) is 5.32 Å². The highest BCUT2D eigenvalue weighted by atomic mass is 32.2. The Morgan fingerprint density at radius 3 is 2.25 bits per heavy atom. The lowest BCUT2D eigenvalue weighted by Gasteiger charge is -2.23. The third-order valence-corrected chi connectivity index (χ3v) is 6.26. The lowest BCUT2D eigenvalue weighted by Crippen LogP contribution is -2.29. The van der Waals surface area contributed by atoms with E-state index in [4.69, 9.17) is 4.74 Å². The Hall–Kier alpha value is -3.32. The van der Waals surface area contributed by atoms with Crippen molar-refractivity contribution in [2.45, 2.75) is 20.4 Å². The molecule has 0 unspecified atom stereocenters. The topological polar surface area (TPSA) is 75.7 Å². The van der Waals surface area contributed by atoms with Gasteiger partial charge in [0, 0.05) is 5.56 Å². The van der Waals surface area contributed by atoms with E-state index in [9.17, 15) is 13.2 Å². The van der Waals surface area contributed by atoms with Gasteiger partial charge in [-0.25, -0.2) is 8.42 Å². The summed E-state index contributed by atoms with van der Waals surface area (Å²) in [6.07, 6.45) is 1.20. The average Bonchev–Trinajstić information content (AvgIpc) is 2.77. The van der Waals surface area contributed by atoms with Crippen LogP contribution in [0.4, 0.5) is 5.69 Å². The van der Waals surface area contributed by atoms with Crippen molar-refractivity contribution in [3.63, 3.8) is 0 Å². The molecule has 0 fully saturated rings. The second-order valence-electron chi connectivity index (χ2n) is 7.65. The number of ether oxygens (including phenoxy) is 1. The number of carbonyl (C=O) groups excluding carboxylic acids is 1. The number of para-hydroxylation sites is 1. The van der Waals surface area contributed by atoms with Gasteiger partial charge in [0.15, 0.2) is 0 Å². The first-order chi connectivity index (χ1) is 15.2. The molecule has 3 rings (SSSR count). The van der Waals surface area contributed by atoms with Crippen LogP contribution in [0.25, 0.3) is 0 Å². The Balaban J connectivity index is 1.60. The summed E-state index contributed by atoms with van der Waals surface area (Å²) in [5.74, 6) is 0.549. The van der Waals surface area contributed by atoms with Crippen molar-refractivity contribution in [1.82, 2.24) is 5.32 Å². The zero-order chi connectivity index (χ0) is 23.1. The van der Waals surface area contributed by atoms with E-state index in [1.165, 1.54) is 10.6 Å². The van der Waals surface area contributed by atoms with E-state index >= 15 is 0 Å². The molecule has 0 aromatic heterocycles. The molecule has 0 atom stereocenters. The van der Waals surface area contributed by atoms with E-state index in [0.29, 0.717) is 24.4 Å². The fourth-order valence-corrected chi connectivity index (χ4v) is 4.04. The van der Waals surface area contributed by atoms with Crippen molar-refractivity contribution >= 4 is 21.6 Å². The van der Waals surface area contributed by atoms with E-state index in [1.807, 2.05) is 62.4 Å². The van der Waals surface area contributed by atoms with Crippen LogP contribution >= 0.6 is 0 Å². The quantitative estimate of drug-likeness (QED) is 0.497.